The molecule has 0 atom stereocenters. The van der Waals surface area contributed by atoms with Gasteiger partial charge in [-0.2, -0.15) is 0 Å². The molecule has 0 heterocycles. The van der Waals surface area contributed by atoms with Crippen LogP contribution in [0.2, 0.25) is 5.02 Å². The minimum Gasteiger partial charge on any atom is -0.480 e. The molecule has 0 aliphatic carbocycles. The lowest BCUT2D eigenvalue weighted by Gasteiger charge is -2.21. The third-order valence-electron chi connectivity index (χ3n) is 4.21. The van der Waals surface area contributed by atoms with E-state index in [-0.39, 0.29) is 11.6 Å². The minimum absolute atomic E-state index is 0.0589. The third kappa shape index (κ3) is 6.45. The zero-order valence-corrected chi connectivity index (χ0v) is 17.1. The van der Waals surface area contributed by atoms with Gasteiger partial charge in [-0.3, -0.25) is 9.59 Å². The number of carbonyl (C=O) groups is 2. The first-order valence-electron chi connectivity index (χ1n) is 9.30. The van der Waals surface area contributed by atoms with Gasteiger partial charge in [-0.25, -0.2) is 4.39 Å². The van der Waals surface area contributed by atoms with Crippen molar-refractivity contribution in [3.63, 3.8) is 0 Å². The van der Waals surface area contributed by atoms with Crippen molar-refractivity contribution in [2.24, 2.45) is 0 Å². The fourth-order valence-electron chi connectivity index (χ4n) is 2.75. The average Bonchev–Trinajstić information content (AvgIpc) is 2.75. The zero-order chi connectivity index (χ0) is 22.2. The molecule has 0 spiro atoms. The number of rotatable bonds is 9. The van der Waals surface area contributed by atoms with Crippen LogP contribution >= 0.6 is 11.6 Å². The van der Waals surface area contributed by atoms with Crippen LogP contribution in [-0.4, -0.2) is 35.0 Å². The van der Waals surface area contributed by atoms with Crippen LogP contribution in [0.3, 0.4) is 0 Å². The smallest absolute Gasteiger partial charge is 0.323 e. The molecule has 1 amide bonds. The molecule has 0 unspecified atom stereocenters. The Morgan fingerprint density at radius 1 is 0.968 bits per heavy atom. The number of halogens is 2. The molecule has 31 heavy (non-hydrogen) atoms. The second-order valence-electron chi connectivity index (χ2n) is 6.54. The van der Waals surface area contributed by atoms with Crippen LogP contribution in [0.15, 0.2) is 72.8 Å². The number of carboxylic acid groups (broad SMARTS) is 1. The maximum absolute atomic E-state index is 13.4. The number of ether oxygens (including phenoxy) is 2. The monoisotopic (exact) mass is 443 g/mol. The zero-order valence-electron chi connectivity index (χ0n) is 16.3. The van der Waals surface area contributed by atoms with Gasteiger partial charge in [0.2, 0.25) is 0 Å². The Morgan fingerprint density at radius 2 is 1.65 bits per heavy atom. The number of hydrogen-bond acceptors (Lipinski definition) is 4. The van der Waals surface area contributed by atoms with Gasteiger partial charge in [0.05, 0.1) is 5.02 Å². The largest absolute Gasteiger partial charge is 0.480 e. The van der Waals surface area contributed by atoms with Crippen LogP contribution in [0.25, 0.3) is 0 Å². The molecule has 1 N–H and O–H groups in total. The summed E-state index contributed by atoms with van der Waals surface area (Å²) >= 11 is 5.77. The molecular formula is C23H19ClFNO5. The topological polar surface area (TPSA) is 76.1 Å². The normalized spacial score (nSPS) is 10.4. The maximum Gasteiger partial charge on any atom is 0.323 e. The molecule has 8 heteroatoms. The number of carbonyl (C=O) groups excluding carboxylic acids is 1. The van der Waals surface area contributed by atoms with E-state index in [1.54, 1.807) is 36.4 Å². The van der Waals surface area contributed by atoms with Crippen molar-refractivity contribution in [3.8, 4) is 17.2 Å². The Balaban J connectivity index is 1.69. The van der Waals surface area contributed by atoms with E-state index in [0.717, 1.165) is 11.0 Å². The van der Waals surface area contributed by atoms with E-state index >= 15 is 0 Å². The number of carboxylic acids is 1. The van der Waals surface area contributed by atoms with Gasteiger partial charge in [0, 0.05) is 6.54 Å². The molecule has 0 saturated carbocycles. The molecule has 3 rings (SSSR count). The Labute approximate surface area is 183 Å². The molecule has 0 bridgehead atoms. The van der Waals surface area contributed by atoms with Crippen molar-refractivity contribution in [2.45, 2.75) is 6.54 Å². The number of amides is 1. The molecule has 0 fully saturated rings. The summed E-state index contributed by atoms with van der Waals surface area (Å²) in [4.78, 5) is 25.0. The van der Waals surface area contributed by atoms with Crippen molar-refractivity contribution >= 4 is 23.5 Å². The van der Waals surface area contributed by atoms with E-state index in [1.165, 1.54) is 12.1 Å². The van der Waals surface area contributed by atoms with Gasteiger partial charge in [0.1, 0.15) is 18.1 Å². The molecule has 6 nitrogen and oxygen atoms in total. The molecule has 0 radical (unpaired) electrons. The van der Waals surface area contributed by atoms with Crippen LogP contribution in [-0.2, 0) is 16.1 Å². The molecular weight excluding hydrogens is 425 g/mol. The van der Waals surface area contributed by atoms with Gasteiger partial charge in [-0.1, -0.05) is 48.0 Å². The maximum atomic E-state index is 13.4. The van der Waals surface area contributed by atoms with Crippen molar-refractivity contribution in [3.05, 3.63) is 89.2 Å². The van der Waals surface area contributed by atoms with Gasteiger partial charge in [-0.15, -0.1) is 0 Å². The SMILES string of the molecule is O=C(O)CN(Cc1ccc(F)c(Cl)c1)C(=O)COc1ccccc1Oc1ccccc1. The molecule has 0 saturated heterocycles. The Bertz CT molecular complexity index is 1060. The number of hydrogen-bond donors (Lipinski definition) is 1. The summed E-state index contributed by atoms with van der Waals surface area (Å²) in [6, 6.07) is 19.9. The molecule has 0 aliphatic heterocycles. The summed E-state index contributed by atoms with van der Waals surface area (Å²) in [5.74, 6) is -0.992. The van der Waals surface area contributed by atoms with Crippen molar-refractivity contribution in [1.82, 2.24) is 4.90 Å². The highest BCUT2D eigenvalue weighted by atomic mass is 35.5. The second-order valence-corrected chi connectivity index (χ2v) is 6.95. The van der Waals surface area contributed by atoms with E-state index in [0.29, 0.717) is 22.8 Å². The summed E-state index contributed by atoms with van der Waals surface area (Å²) in [7, 11) is 0. The molecule has 0 aliphatic rings. The molecule has 3 aromatic rings. The number of para-hydroxylation sites is 3. The van der Waals surface area contributed by atoms with E-state index in [1.807, 2.05) is 18.2 Å². The highest BCUT2D eigenvalue weighted by Crippen LogP contribution is 2.31. The highest BCUT2D eigenvalue weighted by Gasteiger charge is 2.19. The van der Waals surface area contributed by atoms with E-state index in [4.69, 9.17) is 26.2 Å². The summed E-state index contributed by atoms with van der Waals surface area (Å²) in [5, 5.41) is 9.05. The fraction of sp³-hybridized carbons (Fsp3) is 0.130. The summed E-state index contributed by atoms with van der Waals surface area (Å²) in [6.07, 6.45) is 0. The first-order valence-corrected chi connectivity index (χ1v) is 9.68. The van der Waals surface area contributed by atoms with E-state index in [2.05, 4.69) is 0 Å². The predicted octanol–water partition coefficient (Wildman–Crippen LogP) is 4.76. The van der Waals surface area contributed by atoms with Crippen LogP contribution in [0.1, 0.15) is 5.56 Å². The number of benzene rings is 3. The number of aliphatic carboxylic acids is 1. The Morgan fingerprint density at radius 3 is 2.32 bits per heavy atom. The van der Waals surface area contributed by atoms with Crippen molar-refractivity contribution in [2.75, 3.05) is 13.2 Å². The quantitative estimate of drug-likeness (QED) is 0.516. The number of nitrogens with zero attached hydrogens (tertiary/aromatic N) is 1. The lowest BCUT2D eigenvalue weighted by Crippen LogP contribution is -2.38. The van der Waals surface area contributed by atoms with Crippen LogP contribution in [0, 0.1) is 5.82 Å². The minimum atomic E-state index is -1.19. The van der Waals surface area contributed by atoms with Crippen LogP contribution < -0.4 is 9.47 Å². The van der Waals surface area contributed by atoms with Crippen LogP contribution in [0.5, 0.6) is 17.2 Å². The Hall–Kier alpha value is -3.58. The van der Waals surface area contributed by atoms with Gasteiger partial charge in [-0.05, 0) is 42.0 Å². The van der Waals surface area contributed by atoms with Gasteiger partial charge < -0.3 is 19.5 Å². The standard InChI is InChI=1S/C23H19ClFNO5/c24-18-12-16(10-11-19(18)25)13-26(14-23(28)29)22(27)15-30-20-8-4-5-9-21(20)31-17-6-2-1-3-7-17/h1-12H,13-15H2,(H,28,29). The lowest BCUT2D eigenvalue weighted by molar-refractivity contribution is -0.145. The average molecular weight is 444 g/mol. The van der Waals surface area contributed by atoms with E-state index in [9.17, 15) is 14.0 Å². The Kier molecular flexibility index (Phi) is 7.45. The third-order valence-corrected chi connectivity index (χ3v) is 4.50. The molecule has 160 valence electrons. The van der Waals surface area contributed by atoms with Gasteiger partial charge in [0.25, 0.3) is 5.91 Å². The first-order chi connectivity index (χ1) is 14.9. The predicted molar refractivity (Wildman–Crippen MR) is 113 cm³/mol. The van der Waals surface area contributed by atoms with Crippen molar-refractivity contribution < 1.29 is 28.6 Å². The summed E-state index contributed by atoms with van der Waals surface area (Å²) < 4.78 is 24.8. The van der Waals surface area contributed by atoms with Gasteiger partial charge >= 0.3 is 5.97 Å². The second kappa shape index (κ2) is 10.4. The van der Waals surface area contributed by atoms with Crippen molar-refractivity contribution in [1.29, 1.82) is 0 Å². The fourth-order valence-corrected chi connectivity index (χ4v) is 2.96. The first kappa shape index (κ1) is 22.1. The molecule has 3 aromatic carbocycles. The highest BCUT2D eigenvalue weighted by molar-refractivity contribution is 6.30. The lowest BCUT2D eigenvalue weighted by atomic mass is 10.2. The van der Waals surface area contributed by atoms with Crippen LogP contribution in [0.4, 0.5) is 4.39 Å². The summed E-state index contributed by atoms with van der Waals surface area (Å²) in [6.45, 7) is -1.01. The van der Waals surface area contributed by atoms with Gasteiger partial charge in [0.15, 0.2) is 18.1 Å². The molecule has 0 aromatic heterocycles. The van der Waals surface area contributed by atoms with E-state index < -0.39 is 30.8 Å². The summed E-state index contributed by atoms with van der Waals surface area (Å²) in [5.41, 5.74) is 0.494.